The Bertz CT molecular complexity index is 693. The zero-order valence-corrected chi connectivity index (χ0v) is 16.8. The summed E-state index contributed by atoms with van der Waals surface area (Å²) in [4.78, 5) is 11.3. The first-order valence-corrected chi connectivity index (χ1v) is 9.51. The maximum Gasteiger partial charge on any atom is 0.508 e. The van der Waals surface area contributed by atoms with E-state index >= 15 is 0 Å². The number of carbonyl (C=O) groups is 1. The standard InChI is InChI=1S/C20H27ClO5/c1-6-19-11-25-20(26-19,14(4)12(2)13(19)3)16-7-8-17(21)15(9-16)10-24-18(22)23-5/h7-9,12-14H,6,10-11H2,1-5H3/t12-,13-,14+,19-,20+/m0/s1. The maximum absolute atomic E-state index is 11.3. The summed E-state index contributed by atoms with van der Waals surface area (Å²) in [5.74, 6) is 0.228. The lowest BCUT2D eigenvalue weighted by atomic mass is 9.68. The zero-order chi connectivity index (χ0) is 19.1. The first-order valence-electron chi connectivity index (χ1n) is 9.13. The average molecular weight is 383 g/mol. The Labute approximate surface area is 159 Å². The van der Waals surface area contributed by atoms with E-state index in [1.807, 2.05) is 12.1 Å². The van der Waals surface area contributed by atoms with Crippen molar-refractivity contribution in [3.8, 4) is 0 Å². The van der Waals surface area contributed by atoms with Crippen LogP contribution in [-0.4, -0.2) is 25.5 Å². The lowest BCUT2D eigenvalue weighted by Gasteiger charge is -2.49. The molecule has 26 heavy (non-hydrogen) atoms. The molecule has 0 unspecified atom stereocenters. The third kappa shape index (κ3) is 2.90. The van der Waals surface area contributed by atoms with Gasteiger partial charge in [-0.05, 0) is 30.4 Å². The molecule has 0 N–H and O–H groups in total. The lowest BCUT2D eigenvalue weighted by Crippen LogP contribution is -2.53. The molecule has 0 aliphatic carbocycles. The molecule has 2 saturated heterocycles. The number of hydrogen-bond acceptors (Lipinski definition) is 5. The normalized spacial score (nSPS) is 36.0. The van der Waals surface area contributed by atoms with Gasteiger partial charge >= 0.3 is 6.16 Å². The Kier molecular flexibility index (Phi) is 5.26. The van der Waals surface area contributed by atoms with Gasteiger partial charge in [-0.2, -0.15) is 0 Å². The van der Waals surface area contributed by atoms with Crippen LogP contribution in [0.5, 0.6) is 0 Å². The Morgan fingerprint density at radius 2 is 2.04 bits per heavy atom. The lowest BCUT2D eigenvalue weighted by molar-refractivity contribution is -0.279. The van der Waals surface area contributed by atoms with E-state index in [4.69, 9.17) is 25.8 Å². The predicted octanol–water partition coefficient (Wildman–Crippen LogP) is 4.89. The number of halogens is 1. The van der Waals surface area contributed by atoms with Crippen LogP contribution < -0.4 is 0 Å². The molecule has 0 amide bonds. The van der Waals surface area contributed by atoms with Crippen molar-refractivity contribution in [1.29, 1.82) is 0 Å². The van der Waals surface area contributed by atoms with E-state index in [1.165, 1.54) is 7.11 Å². The number of methoxy groups -OCH3 is 1. The topological polar surface area (TPSA) is 54.0 Å². The summed E-state index contributed by atoms with van der Waals surface area (Å²) < 4.78 is 22.6. The van der Waals surface area contributed by atoms with Crippen LogP contribution in [0.3, 0.4) is 0 Å². The fourth-order valence-electron chi connectivity index (χ4n) is 4.30. The molecule has 2 fully saturated rings. The van der Waals surface area contributed by atoms with Crippen molar-refractivity contribution >= 4 is 17.8 Å². The van der Waals surface area contributed by atoms with E-state index < -0.39 is 11.9 Å². The zero-order valence-electron chi connectivity index (χ0n) is 16.0. The smallest absolute Gasteiger partial charge is 0.438 e. The minimum absolute atomic E-state index is 0.0364. The van der Waals surface area contributed by atoms with Crippen LogP contribution in [0, 0.1) is 17.8 Å². The Morgan fingerprint density at radius 3 is 2.69 bits per heavy atom. The summed E-state index contributed by atoms with van der Waals surface area (Å²) in [5, 5.41) is 0.527. The number of hydrogen-bond donors (Lipinski definition) is 0. The molecule has 2 heterocycles. The highest BCUT2D eigenvalue weighted by Gasteiger charge is 2.62. The molecule has 144 valence electrons. The van der Waals surface area contributed by atoms with Crippen molar-refractivity contribution in [2.45, 2.75) is 52.1 Å². The van der Waals surface area contributed by atoms with Crippen LogP contribution in [0.2, 0.25) is 5.02 Å². The van der Waals surface area contributed by atoms with Crippen molar-refractivity contribution in [1.82, 2.24) is 0 Å². The van der Waals surface area contributed by atoms with Crippen molar-refractivity contribution < 1.29 is 23.7 Å². The van der Waals surface area contributed by atoms with Crippen LogP contribution in [0.15, 0.2) is 18.2 Å². The van der Waals surface area contributed by atoms with Crippen molar-refractivity contribution in [3.05, 3.63) is 34.3 Å². The Morgan fingerprint density at radius 1 is 1.31 bits per heavy atom. The highest BCUT2D eigenvalue weighted by atomic mass is 35.5. The molecular weight excluding hydrogens is 356 g/mol. The van der Waals surface area contributed by atoms with Gasteiger partial charge in [-0.25, -0.2) is 4.79 Å². The first kappa shape index (κ1) is 19.5. The largest absolute Gasteiger partial charge is 0.508 e. The van der Waals surface area contributed by atoms with E-state index in [-0.39, 0.29) is 18.1 Å². The summed E-state index contributed by atoms with van der Waals surface area (Å²) in [5.41, 5.74) is 1.34. The highest BCUT2D eigenvalue weighted by Crippen LogP contribution is 2.57. The van der Waals surface area contributed by atoms with Gasteiger partial charge in [0.05, 0.1) is 19.3 Å². The van der Waals surface area contributed by atoms with Crippen molar-refractivity contribution in [2.24, 2.45) is 17.8 Å². The Hall–Kier alpha value is -1.30. The maximum atomic E-state index is 11.3. The molecule has 2 aliphatic rings. The number of carbonyl (C=O) groups excluding carboxylic acids is 1. The second-order valence-electron chi connectivity index (χ2n) is 7.46. The fraction of sp³-hybridized carbons (Fsp3) is 0.650. The van der Waals surface area contributed by atoms with Gasteiger partial charge in [0.1, 0.15) is 6.61 Å². The van der Waals surface area contributed by atoms with E-state index in [9.17, 15) is 4.79 Å². The van der Waals surface area contributed by atoms with Crippen molar-refractivity contribution in [3.63, 3.8) is 0 Å². The molecular formula is C20H27ClO5. The molecule has 0 saturated carbocycles. The molecule has 2 bridgehead atoms. The van der Waals surface area contributed by atoms with Crippen LogP contribution in [0.25, 0.3) is 0 Å². The van der Waals surface area contributed by atoms with Gasteiger partial charge in [0.15, 0.2) is 5.79 Å². The van der Waals surface area contributed by atoms with Crippen LogP contribution in [-0.2, 0) is 31.3 Å². The quantitative estimate of drug-likeness (QED) is 0.693. The molecule has 6 heteroatoms. The summed E-state index contributed by atoms with van der Waals surface area (Å²) >= 11 is 6.29. The molecule has 5 nitrogen and oxygen atoms in total. The fourth-order valence-corrected chi connectivity index (χ4v) is 4.47. The molecule has 3 rings (SSSR count). The van der Waals surface area contributed by atoms with E-state index in [0.717, 1.165) is 12.0 Å². The number of rotatable bonds is 4. The van der Waals surface area contributed by atoms with Gasteiger partial charge in [-0.1, -0.05) is 45.4 Å². The SMILES string of the molecule is CC[C@@]12CO[C@@](c3ccc(Cl)c(COC(=O)OC)c3)(O1)[C@H](C)[C@@H](C)[C@@H]2C. The van der Waals surface area contributed by atoms with E-state index in [2.05, 4.69) is 32.4 Å². The molecule has 0 aromatic heterocycles. The Balaban J connectivity index is 1.96. The number of fused-ring (bicyclic) bond motifs is 2. The third-order valence-electron chi connectivity index (χ3n) is 6.45. The monoisotopic (exact) mass is 382 g/mol. The number of ether oxygens (including phenoxy) is 4. The van der Waals surface area contributed by atoms with Gasteiger partial charge in [0.25, 0.3) is 0 Å². The van der Waals surface area contributed by atoms with Crippen LogP contribution in [0.4, 0.5) is 4.79 Å². The summed E-state index contributed by atoms with van der Waals surface area (Å²) in [6.45, 7) is 9.45. The third-order valence-corrected chi connectivity index (χ3v) is 6.82. The minimum Gasteiger partial charge on any atom is -0.438 e. The summed E-state index contributed by atoms with van der Waals surface area (Å²) in [7, 11) is 1.27. The van der Waals surface area contributed by atoms with Crippen LogP contribution >= 0.6 is 11.6 Å². The summed E-state index contributed by atoms with van der Waals surface area (Å²) in [6.07, 6.45) is 0.162. The van der Waals surface area contributed by atoms with Crippen LogP contribution in [0.1, 0.15) is 45.2 Å². The van der Waals surface area contributed by atoms with Gasteiger partial charge in [0.2, 0.25) is 0 Å². The predicted molar refractivity (Wildman–Crippen MR) is 97.9 cm³/mol. The highest BCUT2D eigenvalue weighted by molar-refractivity contribution is 6.31. The summed E-state index contributed by atoms with van der Waals surface area (Å²) in [6, 6.07) is 5.65. The first-order chi connectivity index (χ1) is 12.3. The van der Waals surface area contributed by atoms with E-state index in [1.54, 1.807) is 6.07 Å². The second kappa shape index (κ2) is 7.02. The molecule has 0 spiro atoms. The van der Waals surface area contributed by atoms with Crippen molar-refractivity contribution in [2.75, 3.05) is 13.7 Å². The molecule has 0 radical (unpaired) electrons. The number of benzene rings is 1. The second-order valence-corrected chi connectivity index (χ2v) is 7.87. The molecule has 1 aromatic rings. The average Bonchev–Trinajstić information content (AvgIpc) is 3.04. The van der Waals surface area contributed by atoms with Gasteiger partial charge in [-0.15, -0.1) is 0 Å². The minimum atomic E-state index is -0.799. The molecule has 2 aliphatic heterocycles. The molecule has 5 atom stereocenters. The van der Waals surface area contributed by atoms with E-state index in [0.29, 0.717) is 29.0 Å². The van der Waals surface area contributed by atoms with Gasteiger partial charge in [-0.3, -0.25) is 0 Å². The van der Waals surface area contributed by atoms with Gasteiger partial charge < -0.3 is 18.9 Å². The molecule has 1 aromatic carbocycles. The van der Waals surface area contributed by atoms with Gasteiger partial charge in [0, 0.05) is 22.1 Å².